The molecule has 42 heavy (non-hydrogen) atoms. The van der Waals surface area contributed by atoms with Gasteiger partial charge in [0.1, 0.15) is 18.6 Å². The minimum atomic E-state index is -5.08. The summed E-state index contributed by atoms with van der Waals surface area (Å²) < 4.78 is 67.1. The third kappa shape index (κ3) is 6.80. The molecule has 0 spiro atoms. The van der Waals surface area contributed by atoms with Crippen LogP contribution in [0.3, 0.4) is 0 Å². The smallest absolute Gasteiger partial charge is 0.475 e. The molecule has 0 radical (unpaired) electrons. The largest absolute Gasteiger partial charge is 0.490 e. The first-order valence-corrected chi connectivity index (χ1v) is 13.5. The molecular weight excluding hydrogens is 589 g/mol. The van der Waals surface area contributed by atoms with E-state index in [4.69, 9.17) is 14.6 Å². The van der Waals surface area contributed by atoms with Gasteiger partial charge in [0.15, 0.2) is 5.82 Å². The second kappa shape index (κ2) is 12.3. The maximum absolute atomic E-state index is 15.5. The van der Waals surface area contributed by atoms with Crippen LogP contribution in [0.5, 0.6) is 0 Å². The van der Waals surface area contributed by atoms with Crippen LogP contribution in [0.25, 0.3) is 27.5 Å². The highest BCUT2D eigenvalue weighted by Gasteiger charge is 2.43. The van der Waals surface area contributed by atoms with Crippen LogP contribution in [0.15, 0.2) is 35.5 Å². The summed E-state index contributed by atoms with van der Waals surface area (Å²) >= 11 is 1.27. The number of pyridine rings is 1. The van der Waals surface area contributed by atoms with Crippen LogP contribution in [-0.4, -0.2) is 67.5 Å². The minimum Gasteiger partial charge on any atom is -0.475 e. The standard InChI is InChI=1S/C24H23F2N5O3S.C2HF3O2/c1-3-19(32)34-6-7-35-23-21(26)12(2)20(16-11-27-29-22(16)23)13-4-5-31-14(8-13)9-18(30-31)28-24(33)15-10-17(15)25;3-2(4,5)1(6)7/h4-5,8-9,11,15,17H,3,6-7,10H2,1-2H3,(H,27,29)(H,28,30,33);(H,6,7)/t15-,17+;/m1./s1. The number of amides is 1. The number of nitrogens with zero attached hydrogens (tertiary/aromatic N) is 3. The molecule has 3 heterocycles. The molecule has 3 N–H and O–H groups in total. The first-order chi connectivity index (χ1) is 19.8. The number of carbonyl (C=O) groups excluding carboxylic acids is 2. The molecule has 10 nitrogen and oxygen atoms in total. The Morgan fingerprint density at radius 2 is 1.98 bits per heavy atom. The van der Waals surface area contributed by atoms with E-state index in [1.165, 1.54) is 11.8 Å². The number of aromatic amines is 1. The van der Waals surface area contributed by atoms with Gasteiger partial charge in [0.25, 0.3) is 0 Å². The molecule has 0 bridgehead atoms. The number of nitrogens with one attached hydrogen (secondary N) is 2. The van der Waals surface area contributed by atoms with Crippen molar-refractivity contribution in [3.8, 4) is 11.1 Å². The molecule has 0 aliphatic heterocycles. The molecule has 5 rings (SSSR count). The fourth-order valence-corrected chi connectivity index (χ4v) is 4.97. The fraction of sp³-hybridized carbons (Fsp3) is 0.346. The molecule has 1 saturated carbocycles. The quantitative estimate of drug-likeness (QED) is 0.105. The number of carboxylic acid groups (broad SMARTS) is 1. The Morgan fingerprint density at radius 1 is 1.29 bits per heavy atom. The summed E-state index contributed by atoms with van der Waals surface area (Å²) in [6, 6.07) is 5.36. The second-order valence-electron chi connectivity index (χ2n) is 9.19. The summed E-state index contributed by atoms with van der Waals surface area (Å²) in [7, 11) is 0. The van der Waals surface area contributed by atoms with Gasteiger partial charge in [-0.1, -0.05) is 6.92 Å². The number of anilines is 1. The van der Waals surface area contributed by atoms with Gasteiger partial charge in [0.05, 0.1) is 28.0 Å². The predicted molar refractivity (Wildman–Crippen MR) is 142 cm³/mol. The highest BCUT2D eigenvalue weighted by Crippen LogP contribution is 2.40. The lowest BCUT2D eigenvalue weighted by Crippen LogP contribution is -2.21. The van der Waals surface area contributed by atoms with Gasteiger partial charge in [-0.05, 0) is 42.2 Å². The number of aromatic nitrogens is 4. The van der Waals surface area contributed by atoms with Gasteiger partial charge in [0, 0.05) is 29.8 Å². The zero-order chi connectivity index (χ0) is 30.8. The maximum Gasteiger partial charge on any atom is 0.490 e. The zero-order valence-corrected chi connectivity index (χ0v) is 22.9. The molecule has 224 valence electrons. The third-order valence-electron chi connectivity index (χ3n) is 6.22. The van der Waals surface area contributed by atoms with Crippen molar-refractivity contribution in [3.63, 3.8) is 0 Å². The number of halogens is 5. The van der Waals surface area contributed by atoms with Crippen LogP contribution in [-0.2, 0) is 19.1 Å². The minimum absolute atomic E-state index is 0.191. The zero-order valence-electron chi connectivity index (χ0n) is 22.1. The molecule has 1 aliphatic carbocycles. The number of hydrogen-bond donors (Lipinski definition) is 3. The summed E-state index contributed by atoms with van der Waals surface area (Å²) in [6.45, 7) is 3.63. The van der Waals surface area contributed by atoms with E-state index in [1.807, 2.05) is 12.1 Å². The van der Waals surface area contributed by atoms with E-state index in [1.54, 1.807) is 36.8 Å². The normalized spacial score (nSPS) is 16.2. The number of H-pyrrole nitrogens is 1. The molecule has 3 aromatic heterocycles. The number of aliphatic carboxylic acids is 1. The summed E-state index contributed by atoms with van der Waals surface area (Å²) in [5.74, 6) is -3.65. The van der Waals surface area contributed by atoms with Crippen LogP contribution in [0.4, 0.5) is 27.8 Å². The Hall–Kier alpha value is -4.21. The lowest BCUT2D eigenvalue weighted by molar-refractivity contribution is -0.192. The van der Waals surface area contributed by atoms with Crippen molar-refractivity contribution in [2.24, 2.45) is 5.92 Å². The van der Waals surface area contributed by atoms with Crippen molar-refractivity contribution in [2.45, 2.75) is 43.9 Å². The van der Waals surface area contributed by atoms with Crippen molar-refractivity contribution in [1.29, 1.82) is 0 Å². The van der Waals surface area contributed by atoms with Gasteiger partial charge in [-0.3, -0.25) is 14.7 Å². The van der Waals surface area contributed by atoms with E-state index in [-0.39, 0.29) is 30.7 Å². The number of alkyl halides is 4. The Bertz CT molecular complexity index is 1650. The highest BCUT2D eigenvalue weighted by atomic mass is 32.2. The van der Waals surface area contributed by atoms with E-state index in [9.17, 15) is 27.2 Å². The number of hydrogen-bond acceptors (Lipinski definition) is 7. The van der Waals surface area contributed by atoms with E-state index >= 15 is 4.39 Å². The third-order valence-corrected chi connectivity index (χ3v) is 7.26. The number of fused-ring (bicyclic) bond motifs is 2. The van der Waals surface area contributed by atoms with Gasteiger partial charge in [-0.15, -0.1) is 11.8 Å². The number of carboxylic acids is 1. The van der Waals surface area contributed by atoms with Crippen LogP contribution < -0.4 is 5.32 Å². The highest BCUT2D eigenvalue weighted by molar-refractivity contribution is 7.99. The summed E-state index contributed by atoms with van der Waals surface area (Å²) in [5, 5.41) is 21.9. The van der Waals surface area contributed by atoms with E-state index < -0.39 is 24.2 Å². The molecule has 0 unspecified atom stereocenters. The second-order valence-corrected chi connectivity index (χ2v) is 10.3. The topological polar surface area (TPSA) is 139 Å². The number of rotatable bonds is 8. The number of esters is 1. The molecule has 0 saturated heterocycles. The van der Waals surface area contributed by atoms with Crippen LogP contribution >= 0.6 is 11.8 Å². The molecule has 1 aliphatic rings. The van der Waals surface area contributed by atoms with Gasteiger partial charge < -0.3 is 15.2 Å². The van der Waals surface area contributed by atoms with Crippen molar-refractivity contribution in [3.05, 3.63) is 42.0 Å². The molecule has 2 atom stereocenters. The Kier molecular flexibility index (Phi) is 9.03. The molecule has 4 aromatic rings. The average Bonchev–Trinajstić information content (AvgIpc) is 3.29. The molecule has 16 heteroatoms. The SMILES string of the molecule is CCC(=O)OCCSc1c(F)c(C)c(-c2ccn3nc(NC(=O)[C@@H]4C[C@@H]4F)cc3c2)c2cn[nH]c12.O=C(O)C(F)(F)F. The van der Waals surface area contributed by atoms with E-state index in [0.29, 0.717) is 45.0 Å². The first-order valence-electron chi connectivity index (χ1n) is 12.5. The van der Waals surface area contributed by atoms with Crippen LogP contribution in [0, 0.1) is 18.7 Å². The predicted octanol–water partition coefficient (Wildman–Crippen LogP) is 5.30. The van der Waals surface area contributed by atoms with Crippen LogP contribution in [0.1, 0.15) is 25.3 Å². The van der Waals surface area contributed by atoms with E-state index in [2.05, 4.69) is 20.6 Å². The number of thioether (sulfide) groups is 1. The average molecular weight is 614 g/mol. The lowest BCUT2D eigenvalue weighted by Gasteiger charge is -2.14. The molecule has 1 fully saturated rings. The Morgan fingerprint density at radius 3 is 2.60 bits per heavy atom. The first kappa shape index (κ1) is 30.7. The molecular formula is C26H24F5N5O5S. The fourth-order valence-electron chi connectivity index (χ4n) is 4.01. The van der Waals surface area contributed by atoms with E-state index in [0.717, 1.165) is 10.9 Å². The number of carbonyl (C=O) groups is 3. The summed E-state index contributed by atoms with van der Waals surface area (Å²) in [5.41, 5.74) is 3.18. The summed E-state index contributed by atoms with van der Waals surface area (Å²) in [6.07, 6.45) is -2.24. The van der Waals surface area contributed by atoms with Crippen molar-refractivity contribution in [1.82, 2.24) is 19.8 Å². The molecule has 1 amide bonds. The van der Waals surface area contributed by atoms with Gasteiger partial charge in [-0.2, -0.15) is 23.4 Å². The van der Waals surface area contributed by atoms with Crippen molar-refractivity contribution < 1.29 is 46.2 Å². The van der Waals surface area contributed by atoms with Crippen molar-refractivity contribution in [2.75, 3.05) is 17.7 Å². The van der Waals surface area contributed by atoms with Gasteiger partial charge in [0.2, 0.25) is 5.91 Å². The Balaban J connectivity index is 0.000000517. The monoisotopic (exact) mass is 613 g/mol. The Labute approximate surface area is 238 Å². The lowest BCUT2D eigenvalue weighted by atomic mass is 9.97. The van der Waals surface area contributed by atoms with Crippen LogP contribution in [0.2, 0.25) is 0 Å². The summed E-state index contributed by atoms with van der Waals surface area (Å²) in [4.78, 5) is 32.7. The van der Waals surface area contributed by atoms with Gasteiger partial charge in [-0.25, -0.2) is 18.1 Å². The van der Waals surface area contributed by atoms with Crippen molar-refractivity contribution >= 4 is 51.8 Å². The number of ether oxygens (including phenoxy) is 1. The molecule has 1 aromatic carbocycles. The van der Waals surface area contributed by atoms with Gasteiger partial charge >= 0.3 is 18.1 Å². The number of benzene rings is 1. The maximum atomic E-state index is 15.5.